The average molecular weight is 363 g/mol. The molecule has 140 valence electrons. The van der Waals surface area contributed by atoms with E-state index in [-0.39, 0.29) is 6.04 Å². The zero-order chi connectivity index (χ0) is 18.5. The standard InChI is InChI=1S/C22H25N3O2/c1-26-19-10-8-18(9-11-19)20-14-22(27-24-20)21-7-3-2-4-13-25(21)16-17-6-5-12-23-15-17/h5-6,8-12,14-15,21H,2-4,7,13,16H2,1H3/t21-/m1/s1. The van der Waals surface area contributed by atoms with Crippen LogP contribution in [0.2, 0.25) is 0 Å². The Bertz CT molecular complexity index is 846. The Kier molecular flexibility index (Phi) is 5.49. The Balaban J connectivity index is 1.56. The van der Waals surface area contributed by atoms with E-state index >= 15 is 0 Å². The number of aromatic nitrogens is 2. The monoisotopic (exact) mass is 363 g/mol. The number of ether oxygens (including phenoxy) is 1. The number of hydrogen-bond donors (Lipinski definition) is 0. The fourth-order valence-electron chi connectivity index (χ4n) is 3.75. The zero-order valence-corrected chi connectivity index (χ0v) is 15.7. The minimum absolute atomic E-state index is 0.257. The van der Waals surface area contributed by atoms with E-state index in [4.69, 9.17) is 9.26 Å². The largest absolute Gasteiger partial charge is 0.497 e. The van der Waals surface area contributed by atoms with Gasteiger partial charge in [-0.3, -0.25) is 9.88 Å². The van der Waals surface area contributed by atoms with Crippen molar-refractivity contribution >= 4 is 0 Å². The van der Waals surface area contributed by atoms with Crippen LogP contribution < -0.4 is 4.74 Å². The zero-order valence-electron chi connectivity index (χ0n) is 15.7. The SMILES string of the molecule is COc1ccc(-c2cc([C@H]3CCCCCN3Cc3cccnc3)on2)cc1. The molecule has 3 heterocycles. The fourth-order valence-corrected chi connectivity index (χ4v) is 3.75. The minimum atomic E-state index is 0.257. The molecule has 1 aliphatic heterocycles. The molecule has 0 spiro atoms. The van der Waals surface area contributed by atoms with E-state index in [1.165, 1.54) is 24.8 Å². The summed E-state index contributed by atoms with van der Waals surface area (Å²) in [5.74, 6) is 1.79. The normalized spacial score (nSPS) is 18.2. The molecule has 0 aliphatic carbocycles. The van der Waals surface area contributed by atoms with Crippen LogP contribution in [0.3, 0.4) is 0 Å². The highest BCUT2D eigenvalue weighted by Gasteiger charge is 2.26. The maximum atomic E-state index is 5.80. The van der Waals surface area contributed by atoms with Crippen LogP contribution in [0.4, 0.5) is 0 Å². The summed E-state index contributed by atoms with van der Waals surface area (Å²) in [7, 11) is 1.67. The van der Waals surface area contributed by atoms with Gasteiger partial charge in [0.2, 0.25) is 0 Å². The van der Waals surface area contributed by atoms with Crippen LogP contribution in [0, 0.1) is 0 Å². The number of rotatable bonds is 5. The molecule has 3 aromatic rings. The van der Waals surface area contributed by atoms with E-state index in [0.29, 0.717) is 0 Å². The predicted octanol–water partition coefficient (Wildman–Crippen LogP) is 4.86. The van der Waals surface area contributed by atoms with E-state index in [1.54, 1.807) is 7.11 Å². The summed E-state index contributed by atoms with van der Waals surface area (Å²) in [6.45, 7) is 1.95. The van der Waals surface area contributed by atoms with Crippen LogP contribution in [-0.2, 0) is 6.54 Å². The van der Waals surface area contributed by atoms with Gasteiger partial charge in [0.25, 0.3) is 0 Å². The predicted molar refractivity (Wildman–Crippen MR) is 104 cm³/mol. The number of pyridine rings is 1. The van der Waals surface area contributed by atoms with E-state index in [9.17, 15) is 0 Å². The average Bonchev–Trinajstić information content (AvgIpc) is 3.10. The van der Waals surface area contributed by atoms with Gasteiger partial charge < -0.3 is 9.26 Å². The lowest BCUT2D eigenvalue weighted by Crippen LogP contribution is -2.28. The molecule has 1 fully saturated rings. The van der Waals surface area contributed by atoms with Gasteiger partial charge in [-0.15, -0.1) is 0 Å². The molecule has 1 saturated heterocycles. The van der Waals surface area contributed by atoms with Gasteiger partial charge in [0.1, 0.15) is 11.4 Å². The Labute approximate surface area is 160 Å². The number of benzene rings is 1. The molecule has 0 radical (unpaired) electrons. The molecule has 0 N–H and O–H groups in total. The molecule has 4 rings (SSSR count). The number of hydrogen-bond acceptors (Lipinski definition) is 5. The van der Waals surface area contributed by atoms with Gasteiger partial charge in [-0.05, 0) is 55.3 Å². The molecule has 0 saturated carbocycles. The van der Waals surface area contributed by atoms with Crippen LogP contribution in [0.5, 0.6) is 5.75 Å². The highest BCUT2D eigenvalue weighted by atomic mass is 16.5. The van der Waals surface area contributed by atoms with Crippen LogP contribution >= 0.6 is 0 Å². The molecule has 0 amide bonds. The van der Waals surface area contributed by atoms with E-state index in [1.807, 2.05) is 42.7 Å². The Morgan fingerprint density at radius 3 is 2.81 bits per heavy atom. The first kappa shape index (κ1) is 17.7. The summed E-state index contributed by atoms with van der Waals surface area (Å²) >= 11 is 0. The summed E-state index contributed by atoms with van der Waals surface area (Å²) in [6, 6.07) is 14.4. The van der Waals surface area contributed by atoms with Crippen LogP contribution in [0.25, 0.3) is 11.3 Å². The second-order valence-corrected chi connectivity index (χ2v) is 7.04. The third-order valence-corrected chi connectivity index (χ3v) is 5.21. The first-order valence-corrected chi connectivity index (χ1v) is 9.57. The number of likely N-dealkylation sites (tertiary alicyclic amines) is 1. The molecular formula is C22H25N3O2. The Morgan fingerprint density at radius 1 is 1.15 bits per heavy atom. The molecule has 1 aliphatic rings. The molecule has 1 atom stereocenters. The van der Waals surface area contributed by atoms with Crippen LogP contribution in [0.15, 0.2) is 59.4 Å². The molecule has 0 bridgehead atoms. The van der Waals surface area contributed by atoms with Gasteiger partial charge >= 0.3 is 0 Å². The number of methoxy groups -OCH3 is 1. The van der Waals surface area contributed by atoms with Gasteiger partial charge in [-0.25, -0.2) is 0 Å². The molecule has 5 heteroatoms. The second-order valence-electron chi connectivity index (χ2n) is 7.04. The maximum absolute atomic E-state index is 5.80. The Hall–Kier alpha value is -2.66. The summed E-state index contributed by atoms with van der Waals surface area (Å²) in [6.07, 6.45) is 8.56. The van der Waals surface area contributed by atoms with E-state index in [2.05, 4.69) is 27.2 Å². The number of nitrogens with zero attached hydrogens (tertiary/aromatic N) is 3. The summed E-state index contributed by atoms with van der Waals surface area (Å²) in [4.78, 5) is 6.76. The van der Waals surface area contributed by atoms with Crippen molar-refractivity contribution in [2.75, 3.05) is 13.7 Å². The third kappa shape index (κ3) is 4.19. The van der Waals surface area contributed by atoms with Gasteiger partial charge in [0.05, 0.1) is 13.2 Å². The summed E-state index contributed by atoms with van der Waals surface area (Å²) in [5, 5.41) is 4.33. The first-order chi connectivity index (χ1) is 13.3. The van der Waals surface area contributed by atoms with Crippen molar-refractivity contribution in [1.82, 2.24) is 15.0 Å². The van der Waals surface area contributed by atoms with Crippen molar-refractivity contribution in [3.8, 4) is 17.0 Å². The lowest BCUT2D eigenvalue weighted by molar-refractivity contribution is 0.160. The second kappa shape index (κ2) is 8.35. The van der Waals surface area contributed by atoms with Gasteiger partial charge in [-0.1, -0.05) is 24.1 Å². The highest BCUT2D eigenvalue weighted by molar-refractivity contribution is 5.60. The van der Waals surface area contributed by atoms with Crippen molar-refractivity contribution < 1.29 is 9.26 Å². The van der Waals surface area contributed by atoms with E-state index in [0.717, 1.165) is 42.3 Å². The molecule has 0 unspecified atom stereocenters. The van der Waals surface area contributed by atoms with Crippen LogP contribution in [-0.4, -0.2) is 28.7 Å². The molecule has 5 nitrogen and oxygen atoms in total. The van der Waals surface area contributed by atoms with Crippen molar-refractivity contribution in [3.63, 3.8) is 0 Å². The lowest BCUT2D eigenvalue weighted by Gasteiger charge is -2.27. The molecular weight excluding hydrogens is 338 g/mol. The topological polar surface area (TPSA) is 51.4 Å². The van der Waals surface area contributed by atoms with Crippen molar-refractivity contribution in [2.45, 2.75) is 38.3 Å². The minimum Gasteiger partial charge on any atom is -0.497 e. The van der Waals surface area contributed by atoms with Crippen molar-refractivity contribution in [2.24, 2.45) is 0 Å². The van der Waals surface area contributed by atoms with Gasteiger partial charge in [0, 0.05) is 30.6 Å². The molecule has 2 aromatic heterocycles. The highest BCUT2D eigenvalue weighted by Crippen LogP contribution is 2.33. The smallest absolute Gasteiger partial charge is 0.154 e. The van der Waals surface area contributed by atoms with Gasteiger partial charge in [-0.2, -0.15) is 0 Å². The lowest BCUT2D eigenvalue weighted by atomic mass is 10.0. The quantitative estimate of drug-likeness (QED) is 0.648. The third-order valence-electron chi connectivity index (χ3n) is 5.21. The first-order valence-electron chi connectivity index (χ1n) is 9.57. The van der Waals surface area contributed by atoms with Crippen molar-refractivity contribution in [1.29, 1.82) is 0 Å². The molecule has 1 aromatic carbocycles. The van der Waals surface area contributed by atoms with Crippen molar-refractivity contribution in [3.05, 3.63) is 66.2 Å². The Morgan fingerprint density at radius 2 is 2.04 bits per heavy atom. The maximum Gasteiger partial charge on any atom is 0.154 e. The van der Waals surface area contributed by atoms with E-state index < -0.39 is 0 Å². The summed E-state index contributed by atoms with van der Waals surface area (Å²) < 4.78 is 11.0. The summed E-state index contributed by atoms with van der Waals surface area (Å²) in [5.41, 5.74) is 3.15. The van der Waals surface area contributed by atoms with Gasteiger partial charge in [0.15, 0.2) is 5.76 Å². The van der Waals surface area contributed by atoms with Crippen LogP contribution in [0.1, 0.15) is 43.0 Å². The fraction of sp³-hybridized carbons (Fsp3) is 0.364. The molecule has 27 heavy (non-hydrogen) atoms.